The standard InChI is InChI=1S/C19H33N5O/c1-16-6-8-18(9-7-16)25-13-12-24(5)19(20-2)21-14-17-15-22(3)10-11-23(17)4/h6-9,17H,10-15H2,1-5H3,(H,20,21). The Morgan fingerprint density at radius 1 is 1.28 bits per heavy atom. The van der Waals surface area contributed by atoms with Crippen LogP contribution in [0.25, 0.3) is 0 Å². The van der Waals surface area contributed by atoms with Gasteiger partial charge in [-0.3, -0.25) is 9.89 Å². The molecule has 1 aromatic carbocycles. The Morgan fingerprint density at radius 2 is 2.00 bits per heavy atom. The summed E-state index contributed by atoms with van der Waals surface area (Å²) < 4.78 is 5.81. The molecule has 6 nitrogen and oxygen atoms in total. The lowest BCUT2D eigenvalue weighted by atomic mass is 10.2. The molecular weight excluding hydrogens is 314 g/mol. The summed E-state index contributed by atoms with van der Waals surface area (Å²) in [7, 11) is 8.26. The summed E-state index contributed by atoms with van der Waals surface area (Å²) in [5.74, 6) is 1.82. The number of hydrogen-bond donors (Lipinski definition) is 1. The number of hydrogen-bond acceptors (Lipinski definition) is 4. The first-order valence-corrected chi connectivity index (χ1v) is 8.99. The Labute approximate surface area is 152 Å². The fraction of sp³-hybridized carbons (Fsp3) is 0.632. The van der Waals surface area contributed by atoms with Crippen LogP contribution in [0.1, 0.15) is 5.56 Å². The average Bonchev–Trinajstić information content (AvgIpc) is 2.60. The summed E-state index contributed by atoms with van der Waals surface area (Å²) in [6, 6.07) is 8.66. The summed E-state index contributed by atoms with van der Waals surface area (Å²) in [5.41, 5.74) is 1.24. The van der Waals surface area contributed by atoms with Gasteiger partial charge in [-0.25, -0.2) is 0 Å². The van der Waals surface area contributed by atoms with Gasteiger partial charge in [0, 0.05) is 46.3 Å². The fourth-order valence-electron chi connectivity index (χ4n) is 2.96. The lowest BCUT2D eigenvalue weighted by molar-refractivity contribution is 0.116. The van der Waals surface area contributed by atoms with Gasteiger partial charge in [0.1, 0.15) is 12.4 Å². The monoisotopic (exact) mass is 347 g/mol. The highest BCUT2D eigenvalue weighted by Gasteiger charge is 2.22. The van der Waals surface area contributed by atoms with E-state index in [1.807, 2.05) is 26.2 Å². The zero-order chi connectivity index (χ0) is 18.2. The highest BCUT2D eigenvalue weighted by atomic mass is 16.5. The number of benzene rings is 1. The molecule has 2 rings (SSSR count). The van der Waals surface area contributed by atoms with E-state index >= 15 is 0 Å². The van der Waals surface area contributed by atoms with Crippen molar-refractivity contribution in [1.29, 1.82) is 0 Å². The molecule has 0 aromatic heterocycles. The van der Waals surface area contributed by atoms with E-state index in [-0.39, 0.29) is 0 Å². The smallest absolute Gasteiger partial charge is 0.193 e. The zero-order valence-electron chi connectivity index (χ0n) is 16.3. The van der Waals surface area contributed by atoms with Gasteiger partial charge in [0.2, 0.25) is 0 Å². The molecule has 140 valence electrons. The summed E-state index contributed by atoms with van der Waals surface area (Å²) in [4.78, 5) is 11.3. The lowest BCUT2D eigenvalue weighted by Gasteiger charge is -2.38. The number of likely N-dealkylation sites (N-methyl/N-ethyl adjacent to an activating group) is 3. The van der Waals surface area contributed by atoms with Crippen molar-refractivity contribution >= 4 is 5.96 Å². The summed E-state index contributed by atoms with van der Waals surface area (Å²) in [6.07, 6.45) is 0. The van der Waals surface area contributed by atoms with Crippen molar-refractivity contribution in [3.63, 3.8) is 0 Å². The number of nitrogens with one attached hydrogen (secondary N) is 1. The predicted molar refractivity (Wildman–Crippen MR) is 105 cm³/mol. The molecule has 1 saturated heterocycles. The average molecular weight is 348 g/mol. The van der Waals surface area contributed by atoms with Gasteiger partial charge in [0.25, 0.3) is 0 Å². The van der Waals surface area contributed by atoms with Crippen LogP contribution in [0, 0.1) is 6.92 Å². The summed E-state index contributed by atoms with van der Waals surface area (Å²) >= 11 is 0. The van der Waals surface area contributed by atoms with Crippen LogP contribution in [0.2, 0.25) is 0 Å². The first-order valence-electron chi connectivity index (χ1n) is 8.99. The van der Waals surface area contributed by atoms with Gasteiger partial charge in [-0.2, -0.15) is 0 Å². The Morgan fingerprint density at radius 3 is 2.68 bits per heavy atom. The number of ether oxygens (including phenoxy) is 1. The quantitative estimate of drug-likeness (QED) is 0.617. The number of nitrogens with zero attached hydrogens (tertiary/aromatic N) is 4. The minimum atomic E-state index is 0.507. The third-order valence-corrected chi connectivity index (χ3v) is 4.77. The third-order valence-electron chi connectivity index (χ3n) is 4.77. The predicted octanol–water partition coefficient (Wildman–Crippen LogP) is 1.13. The van der Waals surface area contributed by atoms with Gasteiger partial charge < -0.3 is 19.9 Å². The van der Waals surface area contributed by atoms with E-state index in [1.165, 1.54) is 5.56 Å². The number of piperazine rings is 1. The van der Waals surface area contributed by atoms with Crippen LogP contribution in [0.4, 0.5) is 0 Å². The highest BCUT2D eigenvalue weighted by Crippen LogP contribution is 2.11. The van der Waals surface area contributed by atoms with Crippen molar-refractivity contribution in [1.82, 2.24) is 20.0 Å². The molecule has 0 radical (unpaired) electrons. The molecule has 1 heterocycles. The van der Waals surface area contributed by atoms with Crippen molar-refractivity contribution in [3.05, 3.63) is 29.8 Å². The maximum Gasteiger partial charge on any atom is 0.193 e. The second kappa shape index (κ2) is 9.63. The van der Waals surface area contributed by atoms with E-state index in [2.05, 4.69) is 58.2 Å². The van der Waals surface area contributed by atoms with Crippen LogP contribution in [0.3, 0.4) is 0 Å². The van der Waals surface area contributed by atoms with Crippen LogP contribution < -0.4 is 10.1 Å². The van der Waals surface area contributed by atoms with E-state index in [9.17, 15) is 0 Å². The normalized spacial score (nSPS) is 19.7. The van der Waals surface area contributed by atoms with E-state index in [1.54, 1.807) is 0 Å². The van der Waals surface area contributed by atoms with Crippen LogP contribution in [-0.4, -0.2) is 94.2 Å². The third kappa shape index (κ3) is 6.21. The second-order valence-corrected chi connectivity index (χ2v) is 6.91. The van der Waals surface area contributed by atoms with Crippen molar-refractivity contribution in [3.8, 4) is 5.75 Å². The van der Waals surface area contributed by atoms with E-state index in [4.69, 9.17) is 4.74 Å². The van der Waals surface area contributed by atoms with Gasteiger partial charge in [-0.1, -0.05) is 17.7 Å². The molecule has 1 atom stereocenters. The Kier molecular flexibility index (Phi) is 7.52. The second-order valence-electron chi connectivity index (χ2n) is 6.91. The van der Waals surface area contributed by atoms with Crippen LogP contribution >= 0.6 is 0 Å². The van der Waals surface area contributed by atoms with Gasteiger partial charge >= 0.3 is 0 Å². The van der Waals surface area contributed by atoms with Gasteiger partial charge in [0.15, 0.2) is 5.96 Å². The summed E-state index contributed by atoms with van der Waals surface area (Å²) in [6.45, 7) is 7.73. The molecule has 0 bridgehead atoms. The van der Waals surface area contributed by atoms with Crippen LogP contribution in [0.15, 0.2) is 29.3 Å². The Balaban J connectivity index is 1.74. The van der Waals surface area contributed by atoms with Crippen molar-refractivity contribution in [2.45, 2.75) is 13.0 Å². The molecule has 1 unspecified atom stereocenters. The largest absolute Gasteiger partial charge is 0.492 e. The lowest BCUT2D eigenvalue weighted by Crippen LogP contribution is -2.55. The van der Waals surface area contributed by atoms with Crippen LogP contribution in [0.5, 0.6) is 5.75 Å². The molecule has 1 aliphatic heterocycles. The minimum Gasteiger partial charge on any atom is -0.492 e. The van der Waals surface area contributed by atoms with Gasteiger partial charge in [-0.05, 0) is 33.2 Å². The number of guanidine groups is 1. The molecule has 0 saturated carbocycles. The summed E-state index contributed by atoms with van der Waals surface area (Å²) in [5, 5.41) is 3.50. The van der Waals surface area contributed by atoms with Crippen molar-refractivity contribution in [2.24, 2.45) is 4.99 Å². The zero-order valence-corrected chi connectivity index (χ0v) is 16.3. The maximum atomic E-state index is 5.81. The number of aryl methyl sites for hydroxylation is 1. The van der Waals surface area contributed by atoms with Crippen molar-refractivity contribution < 1.29 is 4.74 Å². The molecular formula is C19H33N5O. The Hall–Kier alpha value is -1.79. The highest BCUT2D eigenvalue weighted by molar-refractivity contribution is 5.79. The molecule has 1 N–H and O–H groups in total. The molecule has 0 aliphatic carbocycles. The Bertz CT molecular complexity index is 545. The minimum absolute atomic E-state index is 0.507. The molecule has 1 aromatic rings. The first kappa shape index (κ1) is 19.5. The van der Waals surface area contributed by atoms with E-state index in [0.717, 1.165) is 44.4 Å². The van der Waals surface area contributed by atoms with Gasteiger partial charge in [-0.15, -0.1) is 0 Å². The maximum absolute atomic E-state index is 5.81. The molecule has 25 heavy (non-hydrogen) atoms. The van der Waals surface area contributed by atoms with Gasteiger partial charge in [0.05, 0.1) is 6.54 Å². The molecule has 0 spiro atoms. The fourth-order valence-corrected chi connectivity index (χ4v) is 2.96. The molecule has 6 heteroatoms. The van der Waals surface area contributed by atoms with Crippen LogP contribution in [-0.2, 0) is 0 Å². The SMILES string of the molecule is CN=C(NCC1CN(C)CCN1C)N(C)CCOc1ccc(C)cc1. The molecule has 1 aliphatic rings. The number of aliphatic imine (C=N–C) groups is 1. The molecule has 0 amide bonds. The van der Waals surface area contributed by atoms with Crippen molar-refractivity contribution in [2.75, 3.05) is 67.5 Å². The number of rotatable bonds is 6. The topological polar surface area (TPSA) is 43.3 Å². The first-order chi connectivity index (χ1) is 12.0. The van der Waals surface area contributed by atoms with E-state index in [0.29, 0.717) is 12.6 Å². The van der Waals surface area contributed by atoms with E-state index < -0.39 is 0 Å². The molecule has 1 fully saturated rings.